The summed E-state index contributed by atoms with van der Waals surface area (Å²) in [5, 5.41) is 14.9. The Morgan fingerprint density at radius 1 is 1.15 bits per heavy atom. The van der Waals surface area contributed by atoms with E-state index in [-0.39, 0.29) is 29.4 Å². The van der Waals surface area contributed by atoms with E-state index in [9.17, 15) is 0 Å². The van der Waals surface area contributed by atoms with Crippen molar-refractivity contribution in [1.29, 1.82) is 0 Å². The molecule has 0 aliphatic carbocycles. The lowest BCUT2D eigenvalue weighted by Crippen LogP contribution is -2.43. The van der Waals surface area contributed by atoms with Crippen molar-refractivity contribution in [3.8, 4) is 0 Å². The summed E-state index contributed by atoms with van der Waals surface area (Å²) in [6.07, 6.45) is 1.07. The molecule has 0 unspecified atom stereocenters. The zero-order chi connectivity index (χ0) is 18.4. The number of hydrogen-bond acceptors (Lipinski definition) is 3. The molecule has 0 saturated carbocycles. The zero-order valence-electron chi connectivity index (χ0n) is 16.6. The van der Waals surface area contributed by atoms with E-state index < -0.39 is 0 Å². The lowest BCUT2D eigenvalue weighted by Gasteiger charge is -2.27. The highest BCUT2D eigenvalue weighted by Crippen LogP contribution is 2.22. The van der Waals surface area contributed by atoms with Gasteiger partial charge in [-0.05, 0) is 24.5 Å². The van der Waals surface area contributed by atoms with Gasteiger partial charge in [-0.25, -0.2) is 0 Å². The molecule has 0 fully saturated rings. The van der Waals surface area contributed by atoms with Gasteiger partial charge in [0.25, 0.3) is 0 Å². The van der Waals surface area contributed by atoms with E-state index in [1.165, 1.54) is 11.1 Å². The normalized spacial score (nSPS) is 11.8. The average Bonchev–Trinajstić information content (AvgIpc) is 2.94. The van der Waals surface area contributed by atoms with Gasteiger partial charge in [0.15, 0.2) is 11.8 Å². The van der Waals surface area contributed by atoms with Crippen LogP contribution in [0, 0.1) is 6.92 Å². The Morgan fingerprint density at radius 3 is 2.31 bits per heavy atom. The van der Waals surface area contributed by atoms with Crippen molar-refractivity contribution in [2.45, 2.75) is 46.1 Å². The topological polar surface area (TPSA) is 67.1 Å². The van der Waals surface area contributed by atoms with Gasteiger partial charge in [0, 0.05) is 26.1 Å². The molecule has 0 bridgehead atoms. The number of aryl methyl sites for hydroxylation is 2. The third-order valence-corrected chi connectivity index (χ3v) is 4.66. The first-order valence-corrected chi connectivity index (χ1v) is 8.76. The summed E-state index contributed by atoms with van der Waals surface area (Å²) in [6.45, 7) is 9.96. The Bertz CT molecular complexity index is 718. The molecule has 6 nitrogen and oxygen atoms in total. The minimum Gasteiger partial charge on any atom is -0.356 e. The van der Waals surface area contributed by atoms with E-state index in [4.69, 9.17) is 0 Å². The SMILES string of the molecule is CCc1ccc(C(C)(C)CNC(=NC)NCc2nnc(C)n2C)cc1.I. The maximum atomic E-state index is 4.30. The van der Waals surface area contributed by atoms with E-state index >= 15 is 0 Å². The van der Waals surface area contributed by atoms with Crippen LogP contribution in [-0.4, -0.2) is 34.3 Å². The number of nitrogens with one attached hydrogen (secondary N) is 2. The van der Waals surface area contributed by atoms with Crippen LogP contribution in [0.25, 0.3) is 0 Å². The maximum absolute atomic E-state index is 4.30. The second kappa shape index (κ2) is 9.89. The van der Waals surface area contributed by atoms with Crippen molar-refractivity contribution in [2.75, 3.05) is 13.6 Å². The fraction of sp³-hybridized carbons (Fsp3) is 0.526. The Kier molecular flexibility index (Phi) is 8.52. The van der Waals surface area contributed by atoms with Crippen LogP contribution in [0.4, 0.5) is 0 Å². The summed E-state index contributed by atoms with van der Waals surface area (Å²) >= 11 is 0. The minimum absolute atomic E-state index is 0. The van der Waals surface area contributed by atoms with Gasteiger partial charge in [-0.3, -0.25) is 4.99 Å². The number of guanidine groups is 1. The number of hydrogen-bond donors (Lipinski definition) is 2. The Balaban J connectivity index is 0.00000338. The molecule has 0 atom stereocenters. The third-order valence-electron chi connectivity index (χ3n) is 4.66. The van der Waals surface area contributed by atoms with Crippen LogP contribution >= 0.6 is 24.0 Å². The van der Waals surface area contributed by atoms with Crippen molar-refractivity contribution < 1.29 is 0 Å². The maximum Gasteiger partial charge on any atom is 0.191 e. The monoisotopic (exact) mass is 470 g/mol. The molecule has 0 radical (unpaired) electrons. The molecule has 0 aliphatic rings. The minimum atomic E-state index is 0. The molecule has 0 spiro atoms. The smallest absolute Gasteiger partial charge is 0.191 e. The highest BCUT2D eigenvalue weighted by Gasteiger charge is 2.21. The summed E-state index contributed by atoms with van der Waals surface area (Å²) < 4.78 is 1.97. The van der Waals surface area contributed by atoms with Crippen LogP contribution in [0.2, 0.25) is 0 Å². The molecule has 1 heterocycles. The van der Waals surface area contributed by atoms with Gasteiger partial charge in [-0.1, -0.05) is 45.0 Å². The Hall–Kier alpha value is -1.64. The predicted octanol–water partition coefficient (Wildman–Crippen LogP) is 2.95. The van der Waals surface area contributed by atoms with E-state index in [1.807, 2.05) is 18.5 Å². The second-order valence-electron chi connectivity index (χ2n) is 6.94. The van der Waals surface area contributed by atoms with Crippen molar-refractivity contribution in [2.24, 2.45) is 12.0 Å². The fourth-order valence-electron chi connectivity index (χ4n) is 2.59. The molecule has 0 amide bonds. The van der Waals surface area contributed by atoms with E-state index in [0.29, 0.717) is 6.54 Å². The van der Waals surface area contributed by atoms with E-state index in [2.05, 4.69) is 70.9 Å². The van der Waals surface area contributed by atoms with Gasteiger partial charge >= 0.3 is 0 Å². The third kappa shape index (κ3) is 5.69. The Labute approximate surface area is 173 Å². The van der Waals surface area contributed by atoms with Gasteiger partial charge in [0.05, 0.1) is 6.54 Å². The molecule has 2 N–H and O–H groups in total. The molecule has 1 aromatic carbocycles. The summed E-state index contributed by atoms with van der Waals surface area (Å²) in [5.74, 6) is 2.55. The van der Waals surface area contributed by atoms with Crippen LogP contribution in [0.1, 0.15) is 43.5 Å². The first-order valence-electron chi connectivity index (χ1n) is 8.76. The zero-order valence-corrected chi connectivity index (χ0v) is 19.0. The number of aliphatic imine (C=N–C) groups is 1. The number of benzene rings is 1. The lowest BCUT2D eigenvalue weighted by molar-refractivity contribution is 0.508. The molecular formula is C19H31IN6. The van der Waals surface area contributed by atoms with Crippen molar-refractivity contribution in [1.82, 2.24) is 25.4 Å². The van der Waals surface area contributed by atoms with Crippen LogP contribution in [0.3, 0.4) is 0 Å². The highest BCUT2D eigenvalue weighted by atomic mass is 127. The molecular weight excluding hydrogens is 439 g/mol. The molecule has 2 rings (SSSR count). The summed E-state index contributed by atoms with van der Waals surface area (Å²) in [7, 11) is 3.74. The average molecular weight is 470 g/mol. The predicted molar refractivity (Wildman–Crippen MR) is 118 cm³/mol. The van der Waals surface area contributed by atoms with Crippen LogP contribution in [0.5, 0.6) is 0 Å². The first kappa shape index (κ1) is 22.4. The molecule has 1 aromatic heterocycles. The number of nitrogens with zero attached hydrogens (tertiary/aromatic N) is 4. The highest BCUT2D eigenvalue weighted by molar-refractivity contribution is 14.0. The van der Waals surface area contributed by atoms with Crippen molar-refractivity contribution in [3.63, 3.8) is 0 Å². The van der Waals surface area contributed by atoms with E-state index in [0.717, 1.165) is 30.6 Å². The summed E-state index contributed by atoms with van der Waals surface area (Å²) in [5.41, 5.74) is 2.69. The van der Waals surface area contributed by atoms with Gasteiger partial charge in [0.1, 0.15) is 5.82 Å². The summed E-state index contributed by atoms with van der Waals surface area (Å²) in [6, 6.07) is 8.86. The standard InChI is InChI=1S/C19H30N6.HI/c1-7-15-8-10-16(11-9-15)19(3,4)13-22-18(20-5)21-12-17-24-23-14(2)25(17)6;/h8-11H,7,12-13H2,1-6H3,(H2,20,21,22);1H. The first-order chi connectivity index (χ1) is 11.9. The molecule has 2 aromatic rings. The number of rotatable bonds is 6. The second-order valence-corrected chi connectivity index (χ2v) is 6.94. The lowest BCUT2D eigenvalue weighted by atomic mass is 9.84. The van der Waals surface area contributed by atoms with Gasteiger partial charge < -0.3 is 15.2 Å². The molecule has 7 heteroatoms. The quantitative estimate of drug-likeness (QED) is 0.387. The number of halogens is 1. The molecule has 0 saturated heterocycles. The van der Waals surface area contributed by atoms with Crippen molar-refractivity contribution >= 4 is 29.9 Å². The molecule has 26 heavy (non-hydrogen) atoms. The van der Waals surface area contributed by atoms with Gasteiger partial charge in [-0.15, -0.1) is 34.2 Å². The van der Waals surface area contributed by atoms with E-state index in [1.54, 1.807) is 7.05 Å². The van der Waals surface area contributed by atoms with Gasteiger partial charge in [0.2, 0.25) is 0 Å². The van der Waals surface area contributed by atoms with Crippen LogP contribution in [-0.2, 0) is 25.4 Å². The molecule has 0 aliphatic heterocycles. The fourth-order valence-corrected chi connectivity index (χ4v) is 2.59. The largest absolute Gasteiger partial charge is 0.356 e. The van der Waals surface area contributed by atoms with Crippen molar-refractivity contribution in [3.05, 3.63) is 47.0 Å². The summed E-state index contributed by atoms with van der Waals surface area (Å²) in [4.78, 5) is 4.30. The number of aromatic nitrogens is 3. The van der Waals surface area contributed by atoms with Crippen LogP contribution < -0.4 is 10.6 Å². The van der Waals surface area contributed by atoms with Gasteiger partial charge in [-0.2, -0.15) is 0 Å². The Morgan fingerprint density at radius 2 is 1.81 bits per heavy atom. The molecule has 144 valence electrons. The van der Waals surface area contributed by atoms with Crippen LogP contribution in [0.15, 0.2) is 29.3 Å².